The van der Waals surface area contributed by atoms with Crippen LogP contribution in [0.25, 0.3) is 0 Å². The van der Waals surface area contributed by atoms with Gasteiger partial charge in [-0.05, 0) is 61.5 Å². The van der Waals surface area contributed by atoms with Crippen molar-refractivity contribution in [2.45, 2.75) is 55.9 Å². The van der Waals surface area contributed by atoms with Gasteiger partial charge in [0.15, 0.2) is 6.61 Å². The van der Waals surface area contributed by atoms with Gasteiger partial charge in [-0.3, -0.25) is 9.59 Å². The maximum atomic E-state index is 13.3. The van der Waals surface area contributed by atoms with E-state index in [0.29, 0.717) is 24.9 Å². The first kappa shape index (κ1) is 21.7. The molecule has 4 fully saturated rings. The van der Waals surface area contributed by atoms with Gasteiger partial charge in [0.05, 0.1) is 5.41 Å². The van der Waals surface area contributed by atoms with Crippen molar-refractivity contribution in [1.29, 1.82) is 0 Å². The zero-order chi connectivity index (χ0) is 22.2. The highest BCUT2D eigenvalue weighted by Gasteiger charge is 2.60. The lowest BCUT2D eigenvalue weighted by molar-refractivity contribution is -0.172. The van der Waals surface area contributed by atoms with Gasteiger partial charge in [-0.25, -0.2) is 0 Å². The monoisotopic (exact) mass is 495 g/mol. The SMILES string of the molecule is O=C(COC(=O)C12C[C@@H]3C[C@@H](CC(Br)(C3)C1)C2)N(Cc1ccccc1)Cc1ccccc1. The molecule has 0 radical (unpaired) electrons. The topological polar surface area (TPSA) is 46.6 Å². The number of nitrogens with zero attached hydrogens (tertiary/aromatic N) is 1. The largest absolute Gasteiger partial charge is 0.455 e. The summed E-state index contributed by atoms with van der Waals surface area (Å²) in [5.74, 6) is 0.894. The fraction of sp³-hybridized carbons (Fsp3) is 0.481. The first-order valence-corrected chi connectivity index (χ1v) is 12.4. The molecule has 168 valence electrons. The van der Waals surface area contributed by atoms with Gasteiger partial charge >= 0.3 is 5.97 Å². The third-order valence-corrected chi connectivity index (χ3v) is 8.46. The molecule has 4 bridgehead atoms. The molecular formula is C27H30BrNO3. The summed E-state index contributed by atoms with van der Waals surface area (Å²) in [6, 6.07) is 19.9. The fourth-order valence-electron chi connectivity index (χ4n) is 6.60. The average molecular weight is 496 g/mol. The molecule has 4 nitrogen and oxygen atoms in total. The Hall–Kier alpha value is -2.14. The number of ether oxygens (including phenoxy) is 1. The minimum Gasteiger partial charge on any atom is -0.455 e. The fourth-order valence-corrected chi connectivity index (χ4v) is 8.05. The molecule has 0 N–H and O–H groups in total. The second-order valence-corrected chi connectivity index (χ2v) is 11.9. The summed E-state index contributed by atoms with van der Waals surface area (Å²) >= 11 is 3.96. The van der Waals surface area contributed by atoms with Crippen molar-refractivity contribution < 1.29 is 14.3 Å². The lowest BCUT2D eigenvalue weighted by Gasteiger charge is -2.58. The van der Waals surface area contributed by atoms with Crippen LogP contribution < -0.4 is 0 Å². The van der Waals surface area contributed by atoms with E-state index >= 15 is 0 Å². The van der Waals surface area contributed by atoms with Crippen molar-refractivity contribution in [2.75, 3.05) is 6.61 Å². The average Bonchev–Trinajstić information content (AvgIpc) is 2.76. The standard InChI is InChI=1S/C27H30BrNO3/c28-27-14-22-11-23(15-27)13-26(12-22,19-27)25(31)32-18-24(30)29(16-20-7-3-1-4-8-20)17-21-9-5-2-6-10-21/h1-10,22-23H,11-19H2/t22-,23+,26?,27?. The summed E-state index contributed by atoms with van der Waals surface area (Å²) in [4.78, 5) is 28.2. The summed E-state index contributed by atoms with van der Waals surface area (Å²) < 4.78 is 5.83. The Kier molecular flexibility index (Phi) is 5.87. The molecule has 4 saturated carbocycles. The lowest BCUT2D eigenvalue weighted by atomic mass is 9.49. The molecule has 32 heavy (non-hydrogen) atoms. The van der Waals surface area contributed by atoms with E-state index in [2.05, 4.69) is 15.9 Å². The van der Waals surface area contributed by atoms with Crippen LogP contribution in [0.2, 0.25) is 0 Å². The zero-order valence-corrected chi connectivity index (χ0v) is 19.9. The van der Waals surface area contributed by atoms with Gasteiger partial charge in [0.25, 0.3) is 5.91 Å². The van der Waals surface area contributed by atoms with Crippen molar-refractivity contribution in [3.05, 3.63) is 71.8 Å². The molecule has 1 amide bonds. The highest BCUT2D eigenvalue weighted by Crippen LogP contribution is 2.64. The molecule has 6 rings (SSSR count). The number of esters is 1. The Balaban J connectivity index is 1.26. The van der Waals surface area contributed by atoms with Gasteiger partial charge in [-0.15, -0.1) is 0 Å². The van der Waals surface area contributed by atoms with E-state index in [9.17, 15) is 9.59 Å². The van der Waals surface area contributed by atoms with E-state index in [4.69, 9.17) is 4.74 Å². The van der Waals surface area contributed by atoms with Gasteiger partial charge in [-0.1, -0.05) is 76.6 Å². The quantitative estimate of drug-likeness (QED) is 0.376. The van der Waals surface area contributed by atoms with Gasteiger partial charge < -0.3 is 9.64 Å². The molecule has 4 atom stereocenters. The Morgan fingerprint density at radius 2 is 1.41 bits per heavy atom. The van der Waals surface area contributed by atoms with Crippen molar-refractivity contribution in [3.63, 3.8) is 0 Å². The van der Waals surface area contributed by atoms with E-state index in [0.717, 1.165) is 30.4 Å². The van der Waals surface area contributed by atoms with E-state index in [-0.39, 0.29) is 22.8 Å². The molecule has 0 aromatic heterocycles. The van der Waals surface area contributed by atoms with Crippen molar-refractivity contribution in [1.82, 2.24) is 4.90 Å². The number of hydrogen-bond donors (Lipinski definition) is 0. The number of amides is 1. The van der Waals surface area contributed by atoms with E-state index in [1.807, 2.05) is 60.7 Å². The number of hydrogen-bond acceptors (Lipinski definition) is 3. The summed E-state index contributed by atoms with van der Waals surface area (Å²) in [6.45, 7) is 0.794. The van der Waals surface area contributed by atoms with Crippen LogP contribution in [0.3, 0.4) is 0 Å². The van der Waals surface area contributed by atoms with Crippen LogP contribution in [0.15, 0.2) is 60.7 Å². The second kappa shape index (κ2) is 8.66. The molecule has 4 aliphatic rings. The molecule has 0 heterocycles. The molecule has 2 aromatic rings. The summed E-state index contributed by atoms with van der Waals surface area (Å²) in [5, 5.41) is 0. The smallest absolute Gasteiger partial charge is 0.312 e. The Morgan fingerprint density at radius 3 is 1.91 bits per heavy atom. The molecule has 2 aromatic carbocycles. The minimum absolute atomic E-state index is 0.0900. The van der Waals surface area contributed by atoms with Crippen LogP contribution in [0.5, 0.6) is 0 Å². The Bertz CT molecular complexity index is 921. The van der Waals surface area contributed by atoms with Gasteiger partial charge in [0.1, 0.15) is 0 Å². The molecule has 2 unspecified atom stereocenters. The van der Waals surface area contributed by atoms with Gasteiger partial charge in [0.2, 0.25) is 0 Å². The highest BCUT2D eigenvalue weighted by molar-refractivity contribution is 9.10. The molecule has 0 saturated heterocycles. The highest BCUT2D eigenvalue weighted by atomic mass is 79.9. The molecule has 0 aliphatic heterocycles. The minimum atomic E-state index is -0.405. The number of halogens is 1. The van der Waals surface area contributed by atoms with Crippen LogP contribution >= 0.6 is 15.9 Å². The first-order valence-electron chi connectivity index (χ1n) is 11.6. The van der Waals surface area contributed by atoms with Crippen LogP contribution in [-0.4, -0.2) is 27.7 Å². The van der Waals surface area contributed by atoms with Gasteiger partial charge in [-0.2, -0.15) is 0 Å². The van der Waals surface area contributed by atoms with Crippen molar-refractivity contribution >= 4 is 27.8 Å². The van der Waals surface area contributed by atoms with Gasteiger partial charge in [0, 0.05) is 17.4 Å². The second-order valence-electron chi connectivity index (χ2n) is 10.2. The Labute approximate surface area is 198 Å². The van der Waals surface area contributed by atoms with E-state index < -0.39 is 5.41 Å². The third kappa shape index (κ3) is 4.50. The molecule has 4 aliphatic carbocycles. The predicted octanol–water partition coefficient (Wildman–Crippen LogP) is 5.49. The first-order chi connectivity index (χ1) is 15.4. The Morgan fingerprint density at radius 1 is 0.875 bits per heavy atom. The number of alkyl halides is 1. The van der Waals surface area contributed by atoms with Crippen molar-refractivity contribution in [3.8, 4) is 0 Å². The zero-order valence-electron chi connectivity index (χ0n) is 18.3. The summed E-state index contributed by atoms with van der Waals surface area (Å²) in [5.41, 5.74) is 1.72. The predicted molar refractivity (Wildman–Crippen MR) is 127 cm³/mol. The number of rotatable bonds is 7. The van der Waals surface area contributed by atoms with Crippen LogP contribution in [0, 0.1) is 17.3 Å². The molecule has 5 heteroatoms. The van der Waals surface area contributed by atoms with Crippen LogP contribution in [0.4, 0.5) is 0 Å². The number of carbonyl (C=O) groups is 2. The van der Waals surface area contributed by atoms with Crippen LogP contribution in [-0.2, 0) is 27.4 Å². The molecule has 0 spiro atoms. The summed E-state index contributed by atoms with van der Waals surface area (Å²) in [7, 11) is 0. The third-order valence-electron chi connectivity index (χ3n) is 7.53. The van der Waals surface area contributed by atoms with E-state index in [1.165, 1.54) is 19.3 Å². The normalized spacial score (nSPS) is 30.2. The summed E-state index contributed by atoms with van der Waals surface area (Å²) in [6.07, 6.45) is 6.25. The van der Waals surface area contributed by atoms with Crippen LogP contribution in [0.1, 0.15) is 49.7 Å². The maximum Gasteiger partial charge on any atom is 0.312 e. The molecular weight excluding hydrogens is 466 g/mol. The van der Waals surface area contributed by atoms with E-state index in [1.54, 1.807) is 4.90 Å². The number of benzene rings is 2. The number of carbonyl (C=O) groups excluding carboxylic acids is 2. The maximum absolute atomic E-state index is 13.3. The lowest BCUT2D eigenvalue weighted by Crippen LogP contribution is -2.56. The van der Waals surface area contributed by atoms with Crippen molar-refractivity contribution in [2.24, 2.45) is 17.3 Å².